The van der Waals surface area contributed by atoms with E-state index in [1.54, 1.807) is 12.1 Å². The molecule has 1 N–H and O–H groups in total. The molecule has 15 heavy (non-hydrogen) atoms. The highest BCUT2D eigenvalue weighted by Gasteiger charge is 2.28. The van der Waals surface area contributed by atoms with Gasteiger partial charge in [-0.1, -0.05) is 12.1 Å². The largest absolute Gasteiger partial charge is 0.508 e. The summed E-state index contributed by atoms with van der Waals surface area (Å²) in [5.41, 5.74) is 1.83. The SMILES string of the molecule is COC(=O)[C@@H]1CCCc2c(O)cccc21. The molecule has 0 bridgehead atoms. The molecule has 0 amide bonds. The van der Waals surface area contributed by atoms with E-state index in [1.807, 2.05) is 6.07 Å². The molecule has 1 aliphatic rings. The quantitative estimate of drug-likeness (QED) is 0.715. The molecular formula is C12H14O3. The fourth-order valence-corrected chi connectivity index (χ4v) is 2.22. The molecule has 0 saturated heterocycles. The maximum absolute atomic E-state index is 11.5. The van der Waals surface area contributed by atoms with Crippen molar-refractivity contribution < 1.29 is 14.6 Å². The first-order valence-electron chi connectivity index (χ1n) is 5.12. The summed E-state index contributed by atoms with van der Waals surface area (Å²) in [6.07, 6.45) is 2.57. The highest BCUT2D eigenvalue weighted by atomic mass is 16.5. The van der Waals surface area contributed by atoms with Crippen LogP contribution in [0.5, 0.6) is 5.75 Å². The summed E-state index contributed by atoms with van der Waals surface area (Å²) in [7, 11) is 1.40. The number of carbonyl (C=O) groups excluding carboxylic acids is 1. The van der Waals surface area contributed by atoms with Crippen LogP contribution in [0, 0.1) is 0 Å². The Morgan fingerprint density at radius 3 is 3.07 bits per heavy atom. The molecule has 0 spiro atoms. The molecule has 1 aliphatic carbocycles. The van der Waals surface area contributed by atoms with Crippen molar-refractivity contribution >= 4 is 5.97 Å². The van der Waals surface area contributed by atoms with Crippen molar-refractivity contribution in [3.63, 3.8) is 0 Å². The van der Waals surface area contributed by atoms with Crippen molar-refractivity contribution in [3.8, 4) is 5.75 Å². The van der Waals surface area contributed by atoms with E-state index in [0.717, 1.165) is 30.4 Å². The van der Waals surface area contributed by atoms with Gasteiger partial charge in [-0.25, -0.2) is 0 Å². The number of phenolic OH excluding ortho intramolecular Hbond substituents is 1. The van der Waals surface area contributed by atoms with E-state index in [-0.39, 0.29) is 11.9 Å². The van der Waals surface area contributed by atoms with Gasteiger partial charge in [0.05, 0.1) is 13.0 Å². The molecule has 2 rings (SSSR count). The van der Waals surface area contributed by atoms with E-state index >= 15 is 0 Å². The lowest BCUT2D eigenvalue weighted by atomic mass is 9.82. The minimum Gasteiger partial charge on any atom is -0.508 e. The first-order chi connectivity index (χ1) is 7.24. The molecule has 0 aliphatic heterocycles. The molecule has 0 heterocycles. The van der Waals surface area contributed by atoms with Crippen LogP contribution in [-0.4, -0.2) is 18.2 Å². The standard InChI is InChI=1S/C12H14O3/c1-15-12(14)10-6-2-5-9-8(10)4-3-7-11(9)13/h3-4,7,10,13H,2,5-6H2,1H3/t10-/m1/s1. The number of fused-ring (bicyclic) bond motifs is 1. The molecule has 80 valence electrons. The Bertz CT molecular complexity index is 384. The van der Waals surface area contributed by atoms with Crippen LogP contribution >= 0.6 is 0 Å². The monoisotopic (exact) mass is 206 g/mol. The van der Waals surface area contributed by atoms with Gasteiger partial charge in [0.2, 0.25) is 0 Å². The second-order valence-corrected chi connectivity index (χ2v) is 3.81. The molecule has 1 atom stereocenters. The Morgan fingerprint density at radius 2 is 2.33 bits per heavy atom. The number of hydrogen-bond acceptors (Lipinski definition) is 3. The van der Waals surface area contributed by atoms with Crippen LogP contribution < -0.4 is 0 Å². The zero-order valence-electron chi connectivity index (χ0n) is 8.69. The van der Waals surface area contributed by atoms with Crippen molar-refractivity contribution in [3.05, 3.63) is 29.3 Å². The molecule has 3 nitrogen and oxygen atoms in total. The number of hydrogen-bond donors (Lipinski definition) is 1. The first-order valence-corrected chi connectivity index (χ1v) is 5.12. The van der Waals surface area contributed by atoms with Gasteiger partial charge < -0.3 is 9.84 Å². The van der Waals surface area contributed by atoms with Crippen LogP contribution in [0.15, 0.2) is 18.2 Å². The maximum atomic E-state index is 11.5. The zero-order valence-corrected chi connectivity index (χ0v) is 8.69. The molecule has 1 aromatic rings. The van der Waals surface area contributed by atoms with Gasteiger partial charge in [0.25, 0.3) is 0 Å². The Morgan fingerprint density at radius 1 is 1.53 bits per heavy atom. The van der Waals surface area contributed by atoms with Crippen molar-refractivity contribution in [2.45, 2.75) is 25.2 Å². The summed E-state index contributed by atoms with van der Waals surface area (Å²) in [5, 5.41) is 9.68. The van der Waals surface area contributed by atoms with Gasteiger partial charge >= 0.3 is 5.97 Å². The van der Waals surface area contributed by atoms with E-state index in [2.05, 4.69) is 0 Å². The fraction of sp³-hybridized carbons (Fsp3) is 0.417. The number of aromatic hydroxyl groups is 1. The third-order valence-electron chi connectivity index (χ3n) is 2.97. The van der Waals surface area contributed by atoms with Gasteiger partial charge in [-0.15, -0.1) is 0 Å². The van der Waals surface area contributed by atoms with Crippen LogP contribution in [0.1, 0.15) is 29.9 Å². The second kappa shape index (κ2) is 3.93. The lowest BCUT2D eigenvalue weighted by Crippen LogP contribution is -2.19. The van der Waals surface area contributed by atoms with Crippen LogP contribution in [0.2, 0.25) is 0 Å². The van der Waals surface area contributed by atoms with E-state index in [4.69, 9.17) is 4.74 Å². The van der Waals surface area contributed by atoms with Crippen LogP contribution in [-0.2, 0) is 16.0 Å². The summed E-state index contributed by atoms with van der Waals surface area (Å²) < 4.78 is 4.77. The van der Waals surface area contributed by atoms with Crippen LogP contribution in [0.3, 0.4) is 0 Å². The lowest BCUT2D eigenvalue weighted by Gasteiger charge is -2.23. The number of phenols is 1. The highest BCUT2D eigenvalue weighted by molar-refractivity contribution is 5.79. The van der Waals surface area contributed by atoms with Gasteiger partial charge in [0.1, 0.15) is 5.75 Å². The number of benzene rings is 1. The van der Waals surface area contributed by atoms with Gasteiger partial charge in [-0.05, 0) is 36.5 Å². The topological polar surface area (TPSA) is 46.5 Å². The second-order valence-electron chi connectivity index (χ2n) is 3.81. The molecule has 0 aromatic heterocycles. The number of rotatable bonds is 1. The average Bonchev–Trinajstić information content (AvgIpc) is 2.28. The van der Waals surface area contributed by atoms with Crippen LogP contribution in [0.4, 0.5) is 0 Å². The fourth-order valence-electron chi connectivity index (χ4n) is 2.22. The van der Waals surface area contributed by atoms with Gasteiger partial charge in [0, 0.05) is 0 Å². The molecule has 0 fully saturated rings. The zero-order chi connectivity index (χ0) is 10.8. The van der Waals surface area contributed by atoms with E-state index < -0.39 is 0 Å². The minimum atomic E-state index is -0.207. The van der Waals surface area contributed by atoms with Crippen molar-refractivity contribution in [2.75, 3.05) is 7.11 Å². The molecule has 1 aromatic carbocycles. The summed E-state index contributed by atoms with van der Waals surface area (Å²) in [4.78, 5) is 11.5. The third-order valence-corrected chi connectivity index (χ3v) is 2.97. The molecule has 3 heteroatoms. The highest BCUT2D eigenvalue weighted by Crippen LogP contribution is 2.36. The molecule has 0 radical (unpaired) electrons. The predicted octanol–water partition coefficient (Wildman–Crippen LogP) is 1.99. The summed E-state index contributed by atoms with van der Waals surface area (Å²) in [6.45, 7) is 0. The third kappa shape index (κ3) is 1.69. The van der Waals surface area contributed by atoms with E-state index in [1.165, 1.54) is 7.11 Å². The first kappa shape index (κ1) is 10.0. The summed E-state index contributed by atoms with van der Waals surface area (Å²) in [5.74, 6) is -0.117. The number of carbonyl (C=O) groups is 1. The summed E-state index contributed by atoms with van der Waals surface area (Å²) >= 11 is 0. The normalized spacial score (nSPS) is 19.4. The van der Waals surface area contributed by atoms with Gasteiger partial charge in [-0.2, -0.15) is 0 Å². The Labute approximate surface area is 88.7 Å². The van der Waals surface area contributed by atoms with Crippen molar-refractivity contribution in [2.24, 2.45) is 0 Å². The van der Waals surface area contributed by atoms with Crippen molar-refractivity contribution in [1.82, 2.24) is 0 Å². The van der Waals surface area contributed by atoms with Crippen molar-refractivity contribution in [1.29, 1.82) is 0 Å². The summed E-state index contributed by atoms with van der Waals surface area (Å²) in [6, 6.07) is 5.34. The lowest BCUT2D eigenvalue weighted by molar-refractivity contribution is -0.142. The Hall–Kier alpha value is -1.51. The number of esters is 1. The van der Waals surface area contributed by atoms with E-state index in [9.17, 15) is 9.90 Å². The predicted molar refractivity (Wildman–Crippen MR) is 55.8 cm³/mol. The Balaban J connectivity index is 2.42. The number of methoxy groups -OCH3 is 1. The molecule has 0 saturated carbocycles. The van der Waals surface area contributed by atoms with E-state index in [0.29, 0.717) is 5.75 Å². The van der Waals surface area contributed by atoms with Gasteiger partial charge in [-0.3, -0.25) is 4.79 Å². The maximum Gasteiger partial charge on any atom is 0.313 e. The smallest absolute Gasteiger partial charge is 0.313 e. The molecular weight excluding hydrogens is 192 g/mol. The number of ether oxygens (including phenoxy) is 1. The average molecular weight is 206 g/mol. The Kier molecular flexibility index (Phi) is 2.62. The van der Waals surface area contributed by atoms with Crippen LogP contribution in [0.25, 0.3) is 0 Å². The van der Waals surface area contributed by atoms with Gasteiger partial charge in [0.15, 0.2) is 0 Å². The molecule has 0 unspecified atom stereocenters. The minimum absolute atomic E-state index is 0.203.